The van der Waals surface area contributed by atoms with Crippen molar-refractivity contribution in [1.82, 2.24) is 0 Å². The molecule has 1 heterocycles. The van der Waals surface area contributed by atoms with Crippen LogP contribution in [0.4, 0.5) is 0 Å². The number of hydrogen-bond donors (Lipinski definition) is 2. The van der Waals surface area contributed by atoms with Crippen LogP contribution in [-0.2, 0) is 19.1 Å². The molecule has 1 atom stereocenters. The van der Waals surface area contributed by atoms with Crippen LogP contribution in [0.25, 0.3) is 0 Å². The van der Waals surface area contributed by atoms with Crippen molar-refractivity contribution in [1.29, 1.82) is 0 Å². The molecule has 0 bridgehead atoms. The van der Waals surface area contributed by atoms with Crippen molar-refractivity contribution in [3.8, 4) is 0 Å². The molecule has 0 aliphatic carbocycles. The zero-order chi connectivity index (χ0) is 12.8. The number of carbonyl (C=O) groups is 2. The van der Waals surface area contributed by atoms with Crippen LogP contribution in [-0.4, -0.2) is 34.9 Å². The van der Waals surface area contributed by atoms with Crippen LogP contribution in [0.5, 0.6) is 0 Å². The fraction of sp³-hybridized carbons (Fsp3) is 0.636. The summed E-state index contributed by atoms with van der Waals surface area (Å²) >= 11 is 0. The number of rotatable bonds is 6. The largest absolute Gasteiger partial charge is 0.505 e. The molecule has 17 heavy (non-hydrogen) atoms. The maximum atomic E-state index is 11.1. The lowest BCUT2D eigenvalue weighted by Crippen LogP contribution is -2.16. The van der Waals surface area contributed by atoms with Crippen molar-refractivity contribution in [3.05, 3.63) is 11.5 Å². The van der Waals surface area contributed by atoms with E-state index in [1.54, 1.807) is 0 Å². The fourth-order valence-electron chi connectivity index (χ4n) is 1.37. The Kier molecular flexibility index (Phi) is 4.81. The number of esters is 2. The molecule has 0 amide bonds. The van der Waals surface area contributed by atoms with Crippen LogP contribution in [0.2, 0.25) is 0 Å². The minimum Gasteiger partial charge on any atom is -0.505 e. The zero-order valence-electron chi connectivity index (χ0n) is 9.64. The zero-order valence-corrected chi connectivity index (χ0v) is 9.64. The van der Waals surface area contributed by atoms with E-state index in [0.717, 1.165) is 12.8 Å². The topological polar surface area (TPSA) is 93.1 Å². The van der Waals surface area contributed by atoms with Crippen molar-refractivity contribution in [2.75, 3.05) is 6.61 Å². The number of carbonyl (C=O) groups excluding carboxylic acids is 2. The second-order valence-corrected chi connectivity index (χ2v) is 3.74. The van der Waals surface area contributed by atoms with Gasteiger partial charge in [-0.3, -0.25) is 4.79 Å². The van der Waals surface area contributed by atoms with Crippen LogP contribution in [0.1, 0.15) is 32.6 Å². The molecule has 6 nitrogen and oxygen atoms in total. The summed E-state index contributed by atoms with van der Waals surface area (Å²) in [5.74, 6) is -2.54. The fourth-order valence-corrected chi connectivity index (χ4v) is 1.37. The van der Waals surface area contributed by atoms with Crippen molar-refractivity contribution in [2.45, 2.75) is 38.7 Å². The Morgan fingerprint density at radius 1 is 1.47 bits per heavy atom. The first kappa shape index (κ1) is 13.3. The lowest BCUT2D eigenvalue weighted by molar-refractivity contribution is -0.146. The van der Waals surface area contributed by atoms with Gasteiger partial charge in [-0.05, 0) is 6.42 Å². The van der Waals surface area contributed by atoms with E-state index in [2.05, 4.69) is 4.74 Å². The molecular formula is C11H16O6. The van der Waals surface area contributed by atoms with Gasteiger partial charge in [0.1, 0.15) is 0 Å². The van der Waals surface area contributed by atoms with Gasteiger partial charge in [0.25, 0.3) is 0 Å². The van der Waals surface area contributed by atoms with Gasteiger partial charge in [-0.2, -0.15) is 0 Å². The highest BCUT2D eigenvalue weighted by Crippen LogP contribution is 2.21. The number of unbranched alkanes of at least 4 members (excludes halogenated alkanes) is 1. The molecule has 1 unspecified atom stereocenters. The third kappa shape index (κ3) is 3.65. The predicted octanol–water partition coefficient (Wildman–Crippen LogP) is 1.36. The van der Waals surface area contributed by atoms with E-state index in [1.807, 2.05) is 6.92 Å². The van der Waals surface area contributed by atoms with Crippen molar-refractivity contribution in [3.63, 3.8) is 0 Å². The van der Waals surface area contributed by atoms with Gasteiger partial charge in [0, 0.05) is 12.8 Å². The Hall–Kier alpha value is -1.72. The molecule has 0 fully saturated rings. The molecule has 0 radical (unpaired) electrons. The average molecular weight is 244 g/mol. The summed E-state index contributed by atoms with van der Waals surface area (Å²) in [6, 6.07) is 0. The first-order valence-electron chi connectivity index (χ1n) is 5.55. The lowest BCUT2D eigenvalue weighted by atomic mass is 10.2. The number of aliphatic hydroxyl groups excluding tert-OH is 2. The summed E-state index contributed by atoms with van der Waals surface area (Å²) in [7, 11) is 0. The van der Waals surface area contributed by atoms with Gasteiger partial charge < -0.3 is 19.7 Å². The SMILES string of the molecule is CCCCC(=O)OCCC1OC(=O)C(O)=C1O. The second-order valence-electron chi connectivity index (χ2n) is 3.74. The molecule has 96 valence electrons. The summed E-state index contributed by atoms with van der Waals surface area (Å²) in [5, 5.41) is 18.3. The molecule has 0 aromatic heterocycles. The summed E-state index contributed by atoms with van der Waals surface area (Å²) in [4.78, 5) is 22.0. The highest BCUT2D eigenvalue weighted by atomic mass is 16.6. The molecule has 0 spiro atoms. The van der Waals surface area contributed by atoms with Crippen LogP contribution < -0.4 is 0 Å². The van der Waals surface area contributed by atoms with Gasteiger partial charge >= 0.3 is 11.9 Å². The molecule has 2 N–H and O–H groups in total. The van der Waals surface area contributed by atoms with Crippen molar-refractivity contribution in [2.24, 2.45) is 0 Å². The van der Waals surface area contributed by atoms with Gasteiger partial charge in [-0.1, -0.05) is 13.3 Å². The number of ether oxygens (including phenoxy) is 2. The second kappa shape index (κ2) is 6.12. The minimum absolute atomic E-state index is 0.0395. The van der Waals surface area contributed by atoms with Crippen LogP contribution >= 0.6 is 0 Å². The van der Waals surface area contributed by atoms with Gasteiger partial charge in [0.15, 0.2) is 11.9 Å². The Morgan fingerprint density at radius 3 is 2.71 bits per heavy atom. The average Bonchev–Trinajstić information content (AvgIpc) is 2.54. The summed E-state index contributed by atoms with van der Waals surface area (Å²) in [6.45, 7) is 2.01. The van der Waals surface area contributed by atoms with Crippen LogP contribution in [0.15, 0.2) is 11.5 Å². The molecule has 0 aromatic rings. The minimum atomic E-state index is -0.954. The quantitative estimate of drug-likeness (QED) is 0.685. The highest BCUT2D eigenvalue weighted by molar-refractivity contribution is 5.88. The highest BCUT2D eigenvalue weighted by Gasteiger charge is 2.34. The summed E-state index contributed by atoms with van der Waals surface area (Å²) < 4.78 is 9.52. The van der Waals surface area contributed by atoms with Gasteiger partial charge in [0.05, 0.1) is 6.61 Å². The van der Waals surface area contributed by atoms with Crippen LogP contribution in [0.3, 0.4) is 0 Å². The van der Waals surface area contributed by atoms with Gasteiger partial charge in [0.2, 0.25) is 5.76 Å². The summed E-state index contributed by atoms with van der Waals surface area (Å²) in [5.41, 5.74) is 0. The normalized spacial score (nSPS) is 19.4. The lowest BCUT2D eigenvalue weighted by Gasteiger charge is -2.09. The standard InChI is InChI=1S/C11H16O6/c1-2-3-4-8(12)16-6-5-7-9(13)10(14)11(15)17-7/h7,13-14H,2-6H2,1H3. The maximum Gasteiger partial charge on any atom is 0.377 e. The molecule has 0 saturated heterocycles. The van der Waals surface area contributed by atoms with E-state index >= 15 is 0 Å². The van der Waals surface area contributed by atoms with Crippen LogP contribution in [0, 0.1) is 0 Å². The Labute approximate surface area is 98.8 Å². The van der Waals surface area contributed by atoms with E-state index in [9.17, 15) is 14.7 Å². The molecule has 6 heteroatoms. The third-order valence-corrected chi connectivity index (χ3v) is 2.37. The number of aliphatic hydroxyl groups is 2. The molecule has 1 aliphatic rings. The monoisotopic (exact) mass is 244 g/mol. The first-order chi connectivity index (χ1) is 8.06. The van der Waals surface area contributed by atoms with Crippen molar-refractivity contribution >= 4 is 11.9 Å². The molecule has 1 rings (SSSR count). The molecular weight excluding hydrogens is 228 g/mol. The first-order valence-corrected chi connectivity index (χ1v) is 5.55. The molecule has 0 saturated carbocycles. The molecule has 0 aromatic carbocycles. The van der Waals surface area contributed by atoms with E-state index in [4.69, 9.17) is 9.84 Å². The van der Waals surface area contributed by atoms with E-state index in [0.29, 0.717) is 6.42 Å². The van der Waals surface area contributed by atoms with E-state index < -0.39 is 23.6 Å². The van der Waals surface area contributed by atoms with E-state index in [1.165, 1.54) is 0 Å². The molecule has 1 aliphatic heterocycles. The number of hydrogen-bond acceptors (Lipinski definition) is 6. The van der Waals surface area contributed by atoms with E-state index in [-0.39, 0.29) is 19.0 Å². The maximum absolute atomic E-state index is 11.1. The number of cyclic esters (lactones) is 1. The summed E-state index contributed by atoms with van der Waals surface area (Å²) in [6.07, 6.45) is 1.25. The Morgan fingerprint density at radius 2 is 2.18 bits per heavy atom. The Bertz CT molecular complexity index is 333. The van der Waals surface area contributed by atoms with Gasteiger partial charge in [-0.25, -0.2) is 4.79 Å². The van der Waals surface area contributed by atoms with Crippen molar-refractivity contribution < 1.29 is 29.3 Å². The third-order valence-electron chi connectivity index (χ3n) is 2.37. The Balaban J connectivity index is 2.24. The van der Waals surface area contributed by atoms with Gasteiger partial charge in [-0.15, -0.1) is 0 Å². The smallest absolute Gasteiger partial charge is 0.377 e. The predicted molar refractivity (Wildman–Crippen MR) is 57.3 cm³/mol.